The summed E-state index contributed by atoms with van der Waals surface area (Å²) in [6.45, 7) is 1.35. The van der Waals surface area contributed by atoms with Crippen molar-refractivity contribution >= 4 is 5.91 Å². The van der Waals surface area contributed by atoms with Crippen LogP contribution in [-0.4, -0.2) is 17.5 Å². The van der Waals surface area contributed by atoms with Crippen LogP contribution in [0.15, 0.2) is 60.8 Å². The van der Waals surface area contributed by atoms with Crippen molar-refractivity contribution in [2.24, 2.45) is 0 Å². The van der Waals surface area contributed by atoms with E-state index in [1.54, 1.807) is 42.6 Å². The van der Waals surface area contributed by atoms with Crippen LogP contribution in [0.1, 0.15) is 44.2 Å². The van der Waals surface area contributed by atoms with Gasteiger partial charge in [-0.3, -0.25) is 9.78 Å². The number of nitrogens with zero attached hydrogens (tertiary/aromatic N) is 3. The number of rotatable bonds is 6. The van der Waals surface area contributed by atoms with Crippen molar-refractivity contribution in [1.29, 1.82) is 10.5 Å². The fraction of sp³-hybridized carbons (Fsp3) is 0.200. The second-order valence-corrected chi connectivity index (χ2v) is 7.38. The number of nitriles is 2. The van der Waals surface area contributed by atoms with Gasteiger partial charge in [0.25, 0.3) is 5.91 Å². The number of pyridine rings is 1. The molecule has 0 saturated carbocycles. The topological polar surface area (TPSA) is 108 Å². The molecule has 0 radical (unpaired) electrons. The van der Waals surface area contributed by atoms with Crippen LogP contribution in [0.4, 0.5) is 0 Å². The molecule has 0 spiro atoms. The summed E-state index contributed by atoms with van der Waals surface area (Å²) in [7, 11) is 0. The SMILES string of the molecule is N#Cc1cccc(COc2ccnc(CNC(=O)c3ccc4c(c3)C(C#N)COC4)c2)c1. The number of carbonyl (C=O) groups excluding carboxylic acids is 1. The van der Waals surface area contributed by atoms with Gasteiger partial charge in [-0.15, -0.1) is 0 Å². The van der Waals surface area contributed by atoms with Crippen LogP contribution in [0.2, 0.25) is 0 Å². The summed E-state index contributed by atoms with van der Waals surface area (Å²) in [5.74, 6) is 0.0190. The number of carbonyl (C=O) groups is 1. The molecule has 7 heteroatoms. The highest BCUT2D eigenvalue weighted by atomic mass is 16.5. The highest BCUT2D eigenvalue weighted by Gasteiger charge is 2.22. The van der Waals surface area contributed by atoms with Gasteiger partial charge in [-0.2, -0.15) is 10.5 Å². The molecule has 32 heavy (non-hydrogen) atoms. The quantitative estimate of drug-likeness (QED) is 0.648. The molecule has 3 aromatic rings. The molecule has 1 aliphatic rings. The lowest BCUT2D eigenvalue weighted by Gasteiger charge is -2.21. The molecule has 158 valence electrons. The molecule has 0 bridgehead atoms. The van der Waals surface area contributed by atoms with Gasteiger partial charge in [-0.05, 0) is 47.0 Å². The smallest absolute Gasteiger partial charge is 0.251 e. The van der Waals surface area contributed by atoms with Crippen molar-refractivity contribution in [1.82, 2.24) is 10.3 Å². The molecule has 1 aromatic heterocycles. The number of nitrogens with one attached hydrogen (secondary N) is 1. The van der Waals surface area contributed by atoms with Gasteiger partial charge in [0.05, 0.1) is 49.1 Å². The molecule has 4 rings (SSSR count). The first kappa shape index (κ1) is 21.0. The van der Waals surface area contributed by atoms with Gasteiger partial charge in [0.2, 0.25) is 0 Å². The van der Waals surface area contributed by atoms with Crippen molar-refractivity contribution in [3.8, 4) is 17.9 Å². The summed E-state index contributed by atoms with van der Waals surface area (Å²) >= 11 is 0. The van der Waals surface area contributed by atoms with Crippen molar-refractivity contribution in [2.75, 3.05) is 6.61 Å². The average molecular weight is 424 g/mol. The second-order valence-electron chi connectivity index (χ2n) is 7.38. The number of hydrogen-bond acceptors (Lipinski definition) is 6. The Hall–Kier alpha value is -4.20. The first-order valence-corrected chi connectivity index (χ1v) is 10.1. The molecular weight excluding hydrogens is 404 g/mol. The van der Waals surface area contributed by atoms with E-state index in [1.165, 1.54) is 0 Å². The summed E-state index contributed by atoms with van der Waals surface area (Å²) in [6, 6.07) is 20.4. The van der Waals surface area contributed by atoms with Gasteiger partial charge in [-0.25, -0.2) is 0 Å². The van der Waals surface area contributed by atoms with E-state index in [1.807, 2.05) is 18.2 Å². The van der Waals surface area contributed by atoms with Crippen molar-refractivity contribution < 1.29 is 14.3 Å². The van der Waals surface area contributed by atoms with Crippen LogP contribution < -0.4 is 10.1 Å². The van der Waals surface area contributed by atoms with Gasteiger partial charge in [0.15, 0.2) is 0 Å². The molecule has 2 heterocycles. The molecule has 0 fully saturated rings. The van der Waals surface area contributed by atoms with E-state index in [9.17, 15) is 10.1 Å². The summed E-state index contributed by atoms with van der Waals surface area (Å²) in [5.41, 5.74) is 4.41. The fourth-order valence-corrected chi connectivity index (χ4v) is 3.49. The van der Waals surface area contributed by atoms with Gasteiger partial charge in [0, 0.05) is 17.8 Å². The Balaban J connectivity index is 1.37. The van der Waals surface area contributed by atoms with Crippen LogP contribution in [0.5, 0.6) is 5.75 Å². The Morgan fingerprint density at radius 3 is 2.94 bits per heavy atom. The monoisotopic (exact) mass is 424 g/mol. The number of aromatic nitrogens is 1. The maximum atomic E-state index is 12.6. The lowest BCUT2D eigenvalue weighted by molar-refractivity contribution is 0.0945. The molecule has 1 atom stereocenters. The lowest BCUT2D eigenvalue weighted by Crippen LogP contribution is -2.24. The molecule has 0 saturated heterocycles. The minimum Gasteiger partial charge on any atom is -0.489 e. The van der Waals surface area contributed by atoms with Crippen molar-refractivity contribution in [2.45, 2.75) is 25.7 Å². The Morgan fingerprint density at radius 2 is 2.09 bits per heavy atom. The van der Waals surface area contributed by atoms with Gasteiger partial charge in [0.1, 0.15) is 12.4 Å². The fourth-order valence-electron chi connectivity index (χ4n) is 3.49. The van der Waals surface area contributed by atoms with Gasteiger partial charge < -0.3 is 14.8 Å². The number of amides is 1. The van der Waals surface area contributed by atoms with E-state index in [-0.39, 0.29) is 18.4 Å². The summed E-state index contributed by atoms with van der Waals surface area (Å²) in [4.78, 5) is 16.9. The van der Waals surface area contributed by atoms with Gasteiger partial charge >= 0.3 is 0 Å². The van der Waals surface area contributed by atoms with E-state index in [2.05, 4.69) is 22.4 Å². The normalized spacial score (nSPS) is 14.5. The maximum Gasteiger partial charge on any atom is 0.251 e. The largest absolute Gasteiger partial charge is 0.489 e. The third-order valence-corrected chi connectivity index (χ3v) is 5.16. The number of fused-ring (bicyclic) bond motifs is 1. The minimum absolute atomic E-state index is 0.238. The van der Waals surface area contributed by atoms with Crippen LogP contribution >= 0.6 is 0 Å². The zero-order chi connectivity index (χ0) is 22.3. The molecule has 2 aromatic carbocycles. The number of ether oxygens (including phenoxy) is 2. The van der Waals surface area contributed by atoms with E-state index < -0.39 is 0 Å². The minimum atomic E-state index is -0.365. The lowest BCUT2D eigenvalue weighted by atomic mass is 9.92. The summed E-state index contributed by atoms with van der Waals surface area (Å²) in [5, 5.41) is 21.2. The molecule has 0 aliphatic carbocycles. The zero-order valence-electron chi connectivity index (χ0n) is 17.2. The Bertz CT molecular complexity index is 1230. The molecule has 1 amide bonds. The predicted molar refractivity (Wildman–Crippen MR) is 115 cm³/mol. The Labute approximate surface area is 185 Å². The van der Waals surface area contributed by atoms with E-state index in [0.29, 0.717) is 42.4 Å². The van der Waals surface area contributed by atoms with E-state index >= 15 is 0 Å². The first-order valence-electron chi connectivity index (χ1n) is 10.1. The summed E-state index contributed by atoms with van der Waals surface area (Å²) in [6.07, 6.45) is 1.62. The zero-order valence-corrected chi connectivity index (χ0v) is 17.2. The third-order valence-electron chi connectivity index (χ3n) is 5.16. The molecule has 1 aliphatic heterocycles. The maximum absolute atomic E-state index is 12.6. The average Bonchev–Trinajstić information content (AvgIpc) is 2.85. The van der Waals surface area contributed by atoms with Crippen molar-refractivity contribution in [3.05, 3.63) is 94.3 Å². The summed E-state index contributed by atoms with van der Waals surface area (Å²) < 4.78 is 11.2. The van der Waals surface area contributed by atoms with Gasteiger partial charge in [-0.1, -0.05) is 18.2 Å². The molecule has 1 unspecified atom stereocenters. The Kier molecular flexibility index (Phi) is 6.41. The van der Waals surface area contributed by atoms with Crippen molar-refractivity contribution in [3.63, 3.8) is 0 Å². The van der Waals surface area contributed by atoms with E-state index in [4.69, 9.17) is 14.7 Å². The highest BCUT2D eigenvalue weighted by Crippen LogP contribution is 2.27. The highest BCUT2D eigenvalue weighted by molar-refractivity contribution is 5.94. The van der Waals surface area contributed by atoms with Crippen LogP contribution in [0.25, 0.3) is 0 Å². The van der Waals surface area contributed by atoms with E-state index in [0.717, 1.165) is 16.7 Å². The van der Waals surface area contributed by atoms with Crippen LogP contribution in [0, 0.1) is 22.7 Å². The second kappa shape index (κ2) is 9.74. The van der Waals surface area contributed by atoms with Crippen LogP contribution in [0.3, 0.4) is 0 Å². The predicted octanol–water partition coefficient (Wildman–Crippen LogP) is 3.60. The standard InChI is InChI=1S/C25H20N4O3/c26-11-17-2-1-3-18(8-17)14-32-23-6-7-28-22(10-23)13-29-25(30)19-4-5-20-15-31-16-21(12-27)24(20)9-19/h1-10,21H,13-16H2,(H,29,30). The molecule has 1 N–H and O–H groups in total. The van der Waals surface area contributed by atoms with Crippen LogP contribution in [-0.2, 0) is 24.5 Å². The molecular formula is C25H20N4O3. The number of benzene rings is 2. The first-order chi connectivity index (χ1) is 15.7. The number of hydrogen-bond donors (Lipinski definition) is 1. The Morgan fingerprint density at radius 1 is 1.19 bits per heavy atom. The molecule has 7 nitrogen and oxygen atoms in total. The third kappa shape index (κ3) is 4.92.